The minimum Gasteiger partial charge on any atom is -0.390 e. The SMILES string of the molecule is CCCCCCCCCCCCCCCC(=O)N[C@@H](C)C(O)CP(=O)(O)O. The molecule has 1 unspecified atom stereocenters. The van der Waals surface area contributed by atoms with Gasteiger partial charge in [-0.15, -0.1) is 0 Å². The van der Waals surface area contributed by atoms with Gasteiger partial charge >= 0.3 is 7.60 Å². The Hall–Kier alpha value is -0.420. The van der Waals surface area contributed by atoms with Crippen molar-refractivity contribution in [3.05, 3.63) is 0 Å². The zero-order valence-corrected chi connectivity index (χ0v) is 18.3. The van der Waals surface area contributed by atoms with Crippen molar-refractivity contribution in [3.63, 3.8) is 0 Å². The third kappa shape index (κ3) is 18.7. The highest BCUT2D eigenvalue weighted by Gasteiger charge is 2.25. The molecule has 0 rings (SSSR count). The lowest BCUT2D eigenvalue weighted by Crippen LogP contribution is -2.42. The molecule has 0 saturated heterocycles. The van der Waals surface area contributed by atoms with E-state index >= 15 is 0 Å². The molecule has 6 nitrogen and oxygen atoms in total. The van der Waals surface area contributed by atoms with Crippen LogP contribution in [0.2, 0.25) is 0 Å². The molecular weight excluding hydrogens is 365 g/mol. The molecule has 0 aliphatic heterocycles. The van der Waals surface area contributed by atoms with Crippen LogP contribution in [0.3, 0.4) is 0 Å². The van der Waals surface area contributed by atoms with Crippen LogP contribution in [0.4, 0.5) is 0 Å². The van der Waals surface area contributed by atoms with Gasteiger partial charge in [-0.3, -0.25) is 9.36 Å². The molecule has 162 valence electrons. The molecule has 0 fully saturated rings. The predicted molar refractivity (Wildman–Crippen MR) is 111 cm³/mol. The van der Waals surface area contributed by atoms with Gasteiger partial charge in [0.25, 0.3) is 0 Å². The lowest BCUT2D eigenvalue weighted by molar-refractivity contribution is -0.122. The monoisotopic (exact) mass is 407 g/mol. The second kappa shape index (κ2) is 16.5. The van der Waals surface area contributed by atoms with E-state index in [-0.39, 0.29) is 5.91 Å². The van der Waals surface area contributed by atoms with E-state index in [4.69, 9.17) is 9.79 Å². The van der Waals surface area contributed by atoms with E-state index < -0.39 is 25.9 Å². The Kier molecular flexibility index (Phi) is 16.3. The number of rotatable bonds is 18. The van der Waals surface area contributed by atoms with E-state index in [0.29, 0.717) is 6.42 Å². The summed E-state index contributed by atoms with van der Waals surface area (Å²) < 4.78 is 10.9. The van der Waals surface area contributed by atoms with E-state index in [1.54, 1.807) is 6.92 Å². The van der Waals surface area contributed by atoms with Gasteiger partial charge in [0, 0.05) is 6.42 Å². The summed E-state index contributed by atoms with van der Waals surface area (Å²) >= 11 is 0. The van der Waals surface area contributed by atoms with Crippen LogP contribution in [0.1, 0.15) is 104 Å². The third-order valence-electron chi connectivity index (χ3n) is 4.90. The van der Waals surface area contributed by atoms with Gasteiger partial charge in [-0.05, 0) is 13.3 Å². The maximum atomic E-state index is 11.8. The largest absolute Gasteiger partial charge is 0.390 e. The van der Waals surface area contributed by atoms with Crippen LogP contribution in [-0.4, -0.2) is 39.1 Å². The lowest BCUT2D eigenvalue weighted by atomic mass is 10.0. The topological polar surface area (TPSA) is 107 Å². The third-order valence-corrected chi connectivity index (χ3v) is 5.75. The standard InChI is InChI=1S/C20H42NO5P/c1-3-4-5-6-7-8-9-10-11-12-13-14-15-16-20(23)21-18(2)19(22)17-27(24,25)26/h18-19,22H,3-17H2,1-2H3,(H,21,23)(H2,24,25,26)/t18-,19?/m0/s1. The summed E-state index contributed by atoms with van der Waals surface area (Å²) in [6.07, 6.45) is 14.8. The highest BCUT2D eigenvalue weighted by Crippen LogP contribution is 2.35. The van der Waals surface area contributed by atoms with Crippen LogP contribution in [0.25, 0.3) is 0 Å². The van der Waals surface area contributed by atoms with E-state index in [1.165, 1.54) is 64.2 Å². The van der Waals surface area contributed by atoms with Gasteiger partial charge in [-0.2, -0.15) is 0 Å². The highest BCUT2D eigenvalue weighted by molar-refractivity contribution is 7.51. The molecule has 0 aliphatic carbocycles. The van der Waals surface area contributed by atoms with Gasteiger partial charge in [0.15, 0.2) is 0 Å². The van der Waals surface area contributed by atoms with Crippen LogP contribution in [-0.2, 0) is 9.36 Å². The normalized spacial score (nSPS) is 14.1. The fourth-order valence-corrected chi connectivity index (χ4v) is 3.93. The van der Waals surface area contributed by atoms with Crippen LogP contribution in [0.5, 0.6) is 0 Å². The fourth-order valence-electron chi connectivity index (χ4n) is 3.13. The molecule has 0 saturated carbocycles. The van der Waals surface area contributed by atoms with Crippen molar-refractivity contribution in [1.29, 1.82) is 0 Å². The van der Waals surface area contributed by atoms with Crippen molar-refractivity contribution in [3.8, 4) is 0 Å². The molecule has 0 aromatic carbocycles. The second-order valence-electron chi connectivity index (χ2n) is 7.76. The summed E-state index contributed by atoms with van der Waals surface area (Å²) in [7, 11) is -4.27. The zero-order chi connectivity index (χ0) is 20.5. The second-order valence-corrected chi connectivity index (χ2v) is 9.46. The Bertz CT molecular complexity index is 413. The van der Waals surface area contributed by atoms with Gasteiger partial charge in [0.05, 0.1) is 18.3 Å². The van der Waals surface area contributed by atoms with Gasteiger partial charge in [0.1, 0.15) is 0 Å². The molecule has 0 heterocycles. The van der Waals surface area contributed by atoms with Crippen molar-refractivity contribution >= 4 is 13.5 Å². The fraction of sp³-hybridized carbons (Fsp3) is 0.950. The number of carbonyl (C=O) groups is 1. The number of carbonyl (C=O) groups excluding carboxylic acids is 1. The minimum absolute atomic E-state index is 0.171. The summed E-state index contributed by atoms with van der Waals surface area (Å²) in [6.45, 7) is 3.80. The molecule has 7 heteroatoms. The van der Waals surface area contributed by atoms with Crippen molar-refractivity contribution in [1.82, 2.24) is 5.32 Å². The lowest BCUT2D eigenvalue weighted by Gasteiger charge is -2.20. The Balaban J connectivity index is 3.47. The number of hydrogen-bond donors (Lipinski definition) is 4. The summed E-state index contributed by atoms with van der Waals surface area (Å²) in [5.41, 5.74) is 0. The van der Waals surface area contributed by atoms with Gasteiger partial charge in [-0.25, -0.2) is 0 Å². The number of aliphatic hydroxyl groups excluding tert-OH is 1. The first-order valence-corrected chi connectivity index (χ1v) is 12.6. The minimum atomic E-state index is -4.27. The summed E-state index contributed by atoms with van der Waals surface area (Å²) in [5, 5.41) is 12.3. The molecule has 0 aromatic heterocycles. The zero-order valence-electron chi connectivity index (χ0n) is 17.4. The Morgan fingerprint density at radius 1 is 0.852 bits per heavy atom. The van der Waals surface area contributed by atoms with Gasteiger partial charge in [0.2, 0.25) is 5.91 Å². The molecule has 2 atom stereocenters. The average Bonchev–Trinajstić information content (AvgIpc) is 2.57. The first kappa shape index (κ1) is 26.6. The smallest absolute Gasteiger partial charge is 0.328 e. The maximum Gasteiger partial charge on any atom is 0.328 e. The first-order valence-electron chi connectivity index (χ1n) is 10.8. The van der Waals surface area contributed by atoms with Crippen LogP contribution < -0.4 is 5.32 Å². The number of amides is 1. The summed E-state index contributed by atoms with van der Waals surface area (Å²) in [4.78, 5) is 29.5. The molecule has 0 spiro atoms. The number of nitrogens with one attached hydrogen (secondary N) is 1. The number of unbranched alkanes of at least 4 members (excludes halogenated alkanes) is 12. The Labute approximate surface area is 165 Å². The van der Waals surface area contributed by atoms with Crippen LogP contribution >= 0.6 is 7.60 Å². The molecule has 0 aromatic rings. The van der Waals surface area contributed by atoms with Crippen molar-refractivity contribution in [2.45, 2.75) is 116 Å². The maximum absolute atomic E-state index is 11.8. The molecule has 0 radical (unpaired) electrons. The molecular formula is C20H42NO5P. The van der Waals surface area contributed by atoms with E-state index in [1.807, 2.05) is 0 Å². The summed E-state index contributed by atoms with van der Waals surface area (Å²) in [5.74, 6) is -0.171. The Morgan fingerprint density at radius 3 is 1.67 bits per heavy atom. The van der Waals surface area contributed by atoms with Crippen LogP contribution in [0.15, 0.2) is 0 Å². The van der Waals surface area contributed by atoms with E-state index in [9.17, 15) is 14.5 Å². The highest BCUT2D eigenvalue weighted by atomic mass is 31.2. The van der Waals surface area contributed by atoms with Crippen molar-refractivity contribution in [2.75, 3.05) is 6.16 Å². The first-order chi connectivity index (χ1) is 12.8. The van der Waals surface area contributed by atoms with Crippen molar-refractivity contribution < 1.29 is 24.3 Å². The molecule has 4 N–H and O–H groups in total. The number of aliphatic hydroxyl groups is 1. The molecule has 0 bridgehead atoms. The molecule has 27 heavy (non-hydrogen) atoms. The van der Waals surface area contributed by atoms with E-state index in [0.717, 1.165) is 19.3 Å². The quantitative estimate of drug-likeness (QED) is 0.197. The van der Waals surface area contributed by atoms with Crippen molar-refractivity contribution in [2.24, 2.45) is 0 Å². The Morgan fingerprint density at radius 2 is 1.26 bits per heavy atom. The van der Waals surface area contributed by atoms with Crippen LogP contribution in [0, 0.1) is 0 Å². The van der Waals surface area contributed by atoms with E-state index in [2.05, 4.69) is 12.2 Å². The average molecular weight is 408 g/mol. The van der Waals surface area contributed by atoms with Gasteiger partial charge in [-0.1, -0.05) is 84.0 Å². The number of hydrogen-bond acceptors (Lipinski definition) is 3. The van der Waals surface area contributed by atoms with Gasteiger partial charge < -0.3 is 20.2 Å². The molecule has 0 aliphatic rings. The predicted octanol–water partition coefficient (Wildman–Crippen LogP) is 4.51. The molecule has 1 amide bonds. The summed E-state index contributed by atoms with van der Waals surface area (Å²) in [6, 6.07) is -0.660.